The van der Waals surface area contributed by atoms with Gasteiger partial charge in [-0.25, -0.2) is 0 Å². The summed E-state index contributed by atoms with van der Waals surface area (Å²) in [5.41, 5.74) is 0.409. The van der Waals surface area contributed by atoms with Gasteiger partial charge in [-0.1, -0.05) is 26.0 Å². The molecule has 0 spiro atoms. The number of aliphatic hydroxyl groups is 1. The maximum atomic E-state index is 12.0. The van der Waals surface area contributed by atoms with Crippen molar-refractivity contribution in [2.24, 2.45) is 5.41 Å². The number of rotatable bonds is 6. The summed E-state index contributed by atoms with van der Waals surface area (Å²) in [5, 5.41) is 11.8. The molecular formula is C14H21NO3. The topological polar surface area (TPSA) is 58.6 Å². The van der Waals surface area contributed by atoms with Crippen molar-refractivity contribution in [3.63, 3.8) is 0 Å². The Morgan fingerprint density at radius 1 is 1.39 bits per heavy atom. The molecule has 18 heavy (non-hydrogen) atoms. The first-order valence-corrected chi connectivity index (χ1v) is 6.02. The summed E-state index contributed by atoms with van der Waals surface area (Å²) in [6, 6.07) is 7.11. The molecule has 2 N–H and O–H groups in total. The molecule has 0 heterocycles. The SMILES string of the molecule is COc1ccccc1C(=O)NCC(C)(C)CCO. The van der Waals surface area contributed by atoms with E-state index in [1.54, 1.807) is 25.3 Å². The van der Waals surface area contributed by atoms with Gasteiger partial charge >= 0.3 is 0 Å². The van der Waals surface area contributed by atoms with Gasteiger partial charge in [0.1, 0.15) is 5.75 Å². The molecule has 0 atom stereocenters. The molecule has 1 rings (SSSR count). The fraction of sp³-hybridized carbons (Fsp3) is 0.500. The van der Waals surface area contributed by atoms with Crippen LogP contribution in [0.4, 0.5) is 0 Å². The maximum Gasteiger partial charge on any atom is 0.255 e. The van der Waals surface area contributed by atoms with Crippen molar-refractivity contribution in [3.05, 3.63) is 29.8 Å². The summed E-state index contributed by atoms with van der Waals surface area (Å²) < 4.78 is 5.15. The third-order valence-electron chi connectivity index (χ3n) is 2.87. The number of aliphatic hydroxyl groups excluding tert-OH is 1. The van der Waals surface area contributed by atoms with E-state index in [4.69, 9.17) is 9.84 Å². The fourth-order valence-electron chi connectivity index (χ4n) is 1.64. The van der Waals surface area contributed by atoms with Crippen molar-refractivity contribution in [3.8, 4) is 5.75 Å². The van der Waals surface area contributed by atoms with E-state index in [1.165, 1.54) is 0 Å². The monoisotopic (exact) mass is 251 g/mol. The van der Waals surface area contributed by atoms with E-state index in [9.17, 15) is 4.79 Å². The van der Waals surface area contributed by atoms with Crippen LogP contribution in [-0.4, -0.2) is 31.3 Å². The minimum absolute atomic E-state index is 0.119. The molecule has 0 radical (unpaired) electrons. The largest absolute Gasteiger partial charge is 0.496 e. The van der Waals surface area contributed by atoms with Gasteiger partial charge in [-0.15, -0.1) is 0 Å². The summed E-state index contributed by atoms with van der Waals surface area (Å²) in [4.78, 5) is 12.0. The van der Waals surface area contributed by atoms with Crippen molar-refractivity contribution in [2.45, 2.75) is 20.3 Å². The van der Waals surface area contributed by atoms with Gasteiger partial charge in [-0.05, 0) is 24.0 Å². The number of ether oxygens (including phenoxy) is 1. The Labute approximate surface area is 108 Å². The van der Waals surface area contributed by atoms with Crippen molar-refractivity contribution in [2.75, 3.05) is 20.3 Å². The van der Waals surface area contributed by atoms with E-state index in [0.29, 0.717) is 24.3 Å². The van der Waals surface area contributed by atoms with E-state index in [-0.39, 0.29) is 17.9 Å². The molecule has 0 aliphatic heterocycles. The summed E-state index contributed by atoms with van der Waals surface area (Å²) in [7, 11) is 1.54. The fourth-order valence-corrected chi connectivity index (χ4v) is 1.64. The van der Waals surface area contributed by atoms with Crippen LogP contribution in [0.1, 0.15) is 30.6 Å². The molecule has 0 fully saturated rings. The van der Waals surface area contributed by atoms with Gasteiger partial charge in [0, 0.05) is 13.2 Å². The molecule has 0 saturated heterocycles. The standard InChI is InChI=1S/C14H21NO3/c1-14(2,8-9-16)10-15-13(17)11-6-4-5-7-12(11)18-3/h4-7,16H,8-10H2,1-3H3,(H,15,17). The number of carbonyl (C=O) groups excluding carboxylic acids is 1. The highest BCUT2D eigenvalue weighted by molar-refractivity contribution is 5.96. The Morgan fingerprint density at radius 3 is 2.67 bits per heavy atom. The number of carbonyl (C=O) groups is 1. The lowest BCUT2D eigenvalue weighted by Crippen LogP contribution is -2.34. The Morgan fingerprint density at radius 2 is 2.06 bits per heavy atom. The maximum absolute atomic E-state index is 12.0. The van der Waals surface area contributed by atoms with Gasteiger partial charge in [0.05, 0.1) is 12.7 Å². The predicted molar refractivity (Wildman–Crippen MR) is 70.8 cm³/mol. The number of para-hydroxylation sites is 1. The summed E-state index contributed by atoms with van der Waals surface area (Å²) in [5.74, 6) is 0.411. The van der Waals surface area contributed by atoms with Crippen LogP contribution in [0.3, 0.4) is 0 Å². The Bertz CT molecular complexity index is 402. The molecule has 4 heteroatoms. The van der Waals surface area contributed by atoms with Gasteiger partial charge in [-0.3, -0.25) is 4.79 Å². The van der Waals surface area contributed by atoms with E-state index in [2.05, 4.69) is 5.32 Å². The smallest absolute Gasteiger partial charge is 0.255 e. The van der Waals surface area contributed by atoms with Crippen molar-refractivity contribution in [1.82, 2.24) is 5.32 Å². The normalized spacial score (nSPS) is 11.1. The molecule has 0 aliphatic rings. The van der Waals surface area contributed by atoms with Crippen LogP contribution in [0.15, 0.2) is 24.3 Å². The molecule has 1 amide bonds. The average Bonchev–Trinajstić information content (AvgIpc) is 2.36. The third-order valence-corrected chi connectivity index (χ3v) is 2.87. The first-order chi connectivity index (χ1) is 8.50. The molecule has 0 unspecified atom stereocenters. The number of amides is 1. The molecule has 1 aromatic carbocycles. The van der Waals surface area contributed by atoms with Crippen molar-refractivity contribution in [1.29, 1.82) is 0 Å². The minimum Gasteiger partial charge on any atom is -0.496 e. The van der Waals surface area contributed by atoms with Gasteiger partial charge in [0.2, 0.25) is 0 Å². The number of benzene rings is 1. The van der Waals surface area contributed by atoms with Crippen LogP contribution in [-0.2, 0) is 0 Å². The van der Waals surface area contributed by atoms with E-state index >= 15 is 0 Å². The molecule has 0 bridgehead atoms. The van der Waals surface area contributed by atoms with E-state index < -0.39 is 0 Å². The highest BCUT2D eigenvalue weighted by atomic mass is 16.5. The number of hydrogen-bond donors (Lipinski definition) is 2. The summed E-state index contributed by atoms with van der Waals surface area (Å²) >= 11 is 0. The van der Waals surface area contributed by atoms with Gasteiger partial charge in [-0.2, -0.15) is 0 Å². The summed E-state index contributed by atoms with van der Waals surface area (Å²) in [6.07, 6.45) is 0.652. The zero-order valence-corrected chi connectivity index (χ0v) is 11.2. The second-order valence-corrected chi connectivity index (χ2v) is 5.02. The molecule has 0 saturated carbocycles. The van der Waals surface area contributed by atoms with Gasteiger partial charge in [0.15, 0.2) is 0 Å². The minimum atomic E-state index is -0.154. The average molecular weight is 251 g/mol. The lowest BCUT2D eigenvalue weighted by atomic mass is 9.89. The Hall–Kier alpha value is -1.55. The van der Waals surface area contributed by atoms with Crippen LogP contribution in [0.25, 0.3) is 0 Å². The van der Waals surface area contributed by atoms with E-state index in [1.807, 2.05) is 19.9 Å². The Balaban J connectivity index is 2.66. The highest BCUT2D eigenvalue weighted by Gasteiger charge is 2.19. The quantitative estimate of drug-likeness (QED) is 0.811. The highest BCUT2D eigenvalue weighted by Crippen LogP contribution is 2.20. The first-order valence-electron chi connectivity index (χ1n) is 6.02. The third kappa shape index (κ3) is 4.04. The zero-order chi connectivity index (χ0) is 13.6. The second kappa shape index (κ2) is 6.40. The molecule has 0 aromatic heterocycles. The number of nitrogens with one attached hydrogen (secondary N) is 1. The van der Waals surface area contributed by atoms with Crippen LogP contribution >= 0.6 is 0 Å². The zero-order valence-electron chi connectivity index (χ0n) is 11.2. The number of methoxy groups -OCH3 is 1. The van der Waals surface area contributed by atoms with Gasteiger partial charge in [0.25, 0.3) is 5.91 Å². The lowest BCUT2D eigenvalue weighted by Gasteiger charge is -2.24. The van der Waals surface area contributed by atoms with E-state index in [0.717, 1.165) is 0 Å². The molecular weight excluding hydrogens is 230 g/mol. The van der Waals surface area contributed by atoms with Crippen LogP contribution in [0.5, 0.6) is 5.75 Å². The Kier molecular flexibility index (Phi) is 5.16. The summed E-state index contributed by atoms with van der Waals surface area (Å²) in [6.45, 7) is 4.65. The molecule has 1 aromatic rings. The van der Waals surface area contributed by atoms with Crippen molar-refractivity contribution < 1.29 is 14.6 Å². The molecule has 0 aliphatic carbocycles. The predicted octanol–water partition coefficient (Wildman–Crippen LogP) is 1.83. The van der Waals surface area contributed by atoms with Crippen LogP contribution in [0.2, 0.25) is 0 Å². The van der Waals surface area contributed by atoms with Crippen molar-refractivity contribution >= 4 is 5.91 Å². The molecule has 100 valence electrons. The lowest BCUT2D eigenvalue weighted by molar-refractivity contribution is 0.0925. The van der Waals surface area contributed by atoms with Crippen LogP contribution in [0, 0.1) is 5.41 Å². The first kappa shape index (κ1) is 14.5. The van der Waals surface area contributed by atoms with Gasteiger partial charge < -0.3 is 15.2 Å². The number of hydrogen-bond acceptors (Lipinski definition) is 3. The van der Waals surface area contributed by atoms with Crippen LogP contribution < -0.4 is 10.1 Å². The molecule has 4 nitrogen and oxygen atoms in total. The second-order valence-electron chi connectivity index (χ2n) is 5.02.